The Morgan fingerprint density at radius 2 is 1.44 bits per heavy atom. The molecule has 6 aromatic rings. The topological polar surface area (TPSA) is 20.6 Å². The lowest BCUT2D eigenvalue weighted by molar-refractivity contribution is -0.725. The van der Waals surface area contributed by atoms with Gasteiger partial charge in [-0.15, -0.1) is 0 Å². The third-order valence-electron chi connectivity index (χ3n) is 9.42. The second-order valence-electron chi connectivity index (χ2n) is 11.4. The molecule has 0 bridgehead atoms. The van der Waals surface area contributed by atoms with Gasteiger partial charge in [0.15, 0.2) is 25.5 Å². The first kappa shape index (κ1) is 19.1. The summed E-state index contributed by atoms with van der Waals surface area (Å²) in [6, 6.07) is 25.4. The lowest BCUT2D eigenvalue weighted by Gasteiger charge is -2.37. The average molecular weight is 464 g/mol. The maximum absolute atomic E-state index is 4.48. The minimum absolute atomic E-state index is 0.00924. The van der Waals surface area contributed by atoms with Crippen LogP contribution in [0.5, 0.6) is 0 Å². The van der Waals surface area contributed by atoms with Gasteiger partial charge in [0.25, 0.3) is 0 Å². The van der Waals surface area contributed by atoms with Gasteiger partial charge in [0, 0.05) is 16.9 Å². The van der Waals surface area contributed by atoms with Crippen molar-refractivity contribution in [3.05, 3.63) is 114 Å². The Kier molecular flexibility index (Phi) is 3.18. The number of nitrogens with zero attached hydrogens (tertiary/aromatic N) is 3. The van der Waals surface area contributed by atoms with Gasteiger partial charge < -0.3 is 0 Å². The van der Waals surface area contributed by atoms with Gasteiger partial charge in [0.1, 0.15) is 5.41 Å². The molecule has 4 aromatic carbocycles. The molecule has 4 heterocycles. The van der Waals surface area contributed by atoms with Gasteiger partial charge in [-0.3, -0.25) is 4.98 Å². The first-order chi connectivity index (χ1) is 17.6. The summed E-state index contributed by atoms with van der Waals surface area (Å²) >= 11 is 0. The molecule has 3 nitrogen and oxygen atoms in total. The highest BCUT2D eigenvalue weighted by Crippen LogP contribution is 2.55. The Balaban J connectivity index is 1.53. The van der Waals surface area contributed by atoms with Crippen LogP contribution < -0.4 is 9.13 Å². The average Bonchev–Trinajstić information content (AvgIpc) is 3.15. The molecule has 1 unspecified atom stereocenters. The molecule has 1 aliphatic carbocycles. The fraction of sp³-hybridized carbons (Fsp3) is 0.182. The zero-order valence-electron chi connectivity index (χ0n) is 20.4. The highest BCUT2D eigenvalue weighted by atomic mass is 15.1. The highest BCUT2D eigenvalue weighted by molar-refractivity contribution is 6.28. The number of benzene rings is 4. The molecule has 0 amide bonds. The molecule has 0 fully saturated rings. The standard InChI is InChI=1S/C33H25N3/c1-32(2)24-11-5-8-20-21-9-6-15-36-19-33(26-13-12-25(32)29(28(20)24)30(26)31(21)36)18-35-16-14-34-17-27(35)22-7-3-4-10-23(22)33/h3-17H,18-19H2,1-2H3/q+2. The lowest BCUT2D eigenvalue weighted by Crippen LogP contribution is -2.59. The van der Waals surface area contributed by atoms with Crippen LogP contribution in [-0.4, -0.2) is 4.98 Å². The first-order valence-electron chi connectivity index (χ1n) is 12.9. The van der Waals surface area contributed by atoms with E-state index in [4.69, 9.17) is 0 Å². The molecule has 1 atom stereocenters. The van der Waals surface area contributed by atoms with E-state index in [1.807, 2.05) is 12.4 Å². The van der Waals surface area contributed by atoms with Crippen molar-refractivity contribution in [3.8, 4) is 11.3 Å². The summed E-state index contributed by atoms with van der Waals surface area (Å²) in [6.07, 6.45) is 8.39. The van der Waals surface area contributed by atoms with Crippen molar-refractivity contribution in [2.75, 3.05) is 0 Å². The first-order valence-corrected chi connectivity index (χ1v) is 12.9. The molecule has 2 aliphatic heterocycles. The van der Waals surface area contributed by atoms with E-state index >= 15 is 0 Å². The molecular weight excluding hydrogens is 438 g/mol. The summed E-state index contributed by atoms with van der Waals surface area (Å²) in [7, 11) is 0. The molecule has 36 heavy (non-hydrogen) atoms. The largest absolute Gasteiger partial charge is 0.252 e. The number of hydrogen-bond donors (Lipinski definition) is 0. The third-order valence-corrected chi connectivity index (χ3v) is 9.42. The van der Waals surface area contributed by atoms with Gasteiger partial charge in [0.05, 0.1) is 28.7 Å². The Labute approximate surface area is 209 Å². The predicted molar refractivity (Wildman–Crippen MR) is 142 cm³/mol. The predicted octanol–water partition coefficient (Wildman–Crippen LogP) is 5.74. The van der Waals surface area contributed by atoms with Crippen LogP contribution in [0.2, 0.25) is 0 Å². The van der Waals surface area contributed by atoms with Crippen LogP contribution in [0.1, 0.15) is 36.1 Å². The number of rotatable bonds is 0. The normalized spacial score (nSPS) is 20.1. The number of pyridine rings is 1. The summed E-state index contributed by atoms with van der Waals surface area (Å²) in [4.78, 5) is 4.48. The fourth-order valence-corrected chi connectivity index (χ4v) is 7.91. The van der Waals surface area contributed by atoms with E-state index in [0.29, 0.717) is 0 Å². The van der Waals surface area contributed by atoms with Crippen LogP contribution in [0, 0.1) is 0 Å². The zero-order valence-corrected chi connectivity index (χ0v) is 20.4. The van der Waals surface area contributed by atoms with Crippen molar-refractivity contribution in [2.24, 2.45) is 0 Å². The van der Waals surface area contributed by atoms with Crippen LogP contribution in [0.15, 0.2) is 91.5 Å². The second kappa shape index (κ2) is 5.99. The minimum Gasteiger partial charge on any atom is -0.252 e. The van der Waals surface area contributed by atoms with Crippen molar-refractivity contribution in [3.63, 3.8) is 0 Å². The maximum atomic E-state index is 4.48. The summed E-state index contributed by atoms with van der Waals surface area (Å²) in [5, 5.41) is 7.14. The smallest absolute Gasteiger partial charge is 0.231 e. The SMILES string of the molecule is CC1(C)c2cccc3c4ccc[n+]5c4c4c(ccc1c4c23)C1(C[n+]2ccncc2-c2ccccc21)C5. The molecule has 0 saturated heterocycles. The highest BCUT2D eigenvalue weighted by Gasteiger charge is 2.53. The summed E-state index contributed by atoms with van der Waals surface area (Å²) in [5.74, 6) is 0. The van der Waals surface area contributed by atoms with Crippen LogP contribution in [0.4, 0.5) is 0 Å². The molecule has 0 radical (unpaired) electrons. The van der Waals surface area contributed by atoms with Gasteiger partial charge in [-0.05, 0) is 45.2 Å². The van der Waals surface area contributed by atoms with Gasteiger partial charge in [0.2, 0.25) is 11.2 Å². The van der Waals surface area contributed by atoms with Crippen LogP contribution in [0.3, 0.4) is 0 Å². The summed E-state index contributed by atoms with van der Waals surface area (Å²) in [6.45, 7) is 6.62. The van der Waals surface area contributed by atoms with Crippen molar-refractivity contribution < 1.29 is 9.13 Å². The van der Waals surface area contributed by atoms with Gasteiger partial charge in [-0.1, -0.05) is 62.4 Å². The van der Waals surface area contributed by atoms with E-state index in [-0.39, 0.29) is 10.8 Å². The van der Waals surface area contributed by atoms with E-state index in [1.165, 1.54) is 66.0 Å². The minimum atomic E-state index is -0.157. The van der Waals surface area contributed by atoms with Crippen molar-refractivity contribution >= 4 is 32.4 Å². The summed E-state index contributed by atoms with van der Waals surface area (Å²) in [5.41, 5.74) is 9.51. The molecule has 3 heteroatoms. The lowest BCUT2D eigenvalue weighted by atomic mass is 9.66. The zero-order chi connectivity index (χ0) is 23.8. The van der Waals surface area contributed by atoms with E-state index in [0.717, 1.165) is 13.1 Å². The Morgan fingerprint density at radius 1 is 0.667 bits per heavy atom. The number of fused-ring (bicyclic) bond motifs is 6. The number of hydrogen-bond acceptors (Lipinski definition) is 1. The van der Waals surface area contributed by atoms with Crippen LogP contribution in [0.25, 0.3) is 43.7 Å². The quantitative estimate of drug-likeness (QED) is 0.208. The maximum Gasteiger partial charge on any atom is 0.231 e. The molecular formula is C33H25N3+2. The van der Waals surface area contributed by atoms with Gasteiger partial charge >= 0.3 is 0 Å². The van der Waals surface area contributed by atoms with E-state index in [9.17, 15) is 0 Å². The van der Waals surface area contributed by atoms with E-state index < -0.39 is 0 Å². The second-order valence-corrected chi connectivity index (χ2v) is 11.4. The monoisotopic (exact) mass is 463 g/mol. The molecule has 2 aromatic heterocycles. The van der Waals surface area contributed by atoms with Crippen molar-refractivity contribution in [1.82, 2.24) is 4.98 Å². The molecule has 170 valence electrons. The molecule has 9 rings (SSSR count). The third kappa shape index (κ3) is 1.96. The van der Waals surface area contributed by atoms with Gasteiger partial charge in [-0.25, -0.2) is 0 Å². The molecule has 3 aliphatic rings. The fourth-order valence-electron chi connectivity index (χ4n) is 7.91. The van der Waals surface area contributed by atoms with Crippen molar-refractivity contribution in [1.29, 1.82) is 0 Å². The molecule has 1 spiro atoms. The molecule has 0 saturated carbocycles. The molecule has 0 N–H and O–H groups in total. The van der Waals surface area contributed by atoms with E-state index in [1.54, 1.807) is 0 Å². The van der Waals surface area contributed by atoms with Crippen molar-refractivity contribution in [2.45, 2.75) is 37.8 Å². The number of aromatic nitrogens is 3. The summed E-state index contributed by atoms with van der Waals surface area (Å²) < 4.78 is 4.96. The Morgan fingerprint density at radius 3 is 2.39 bits per heavy atom. The van der Waals surface area contributed by atoms with Gasteiger partial charge in [-0.2, -0.15) is 9.13 Å². The Bertz CT molecular complexity index is 1980. The van der Waals surface area contributed by atoms with Crippen LogP contribution in [-0.2, 0) is 23.9 Å². The van der Waals surface area contributed by atoms with E-state index in [2.05, 4.69) is 107 Å². The van der Waals surface area contributed by atoms with Crippen LogP contribution >= 0.6 is 0 Å². The Hall–Kier alpha value is -4.11.